The molecule has 0 radical (unpaired) electrons. The molecule has 0 unspecified atom stereocenters. The molecule has 0 saturated heterocycles. The number of allylic oxidation sites excluding steroid dienone is 1. The summed E-state index contributed by atoms with van der Waals surface area (Å²) in [4.78, 5) is 13.7. The summed E-state index contributed by atoms with van der Waals surface area (Å²) in [6.07, 6.45) is 2.76. The van der Waals surface area contributed by atoms with Gasteiger partial charge >= 0.3 is 0 Å². The normalized spacial score (nSPS) is 17.9. The van der Waals surface area contributed by atoms with Crippen molar-refractivity contribution in [3.8, 4) is 0 Å². The summed E-state index contributed by atoms with van der Waals surface area (Å²) in [5, 5.41) is 9.02. The van der Waals surface area contributed by atoms with Crippen molar-refractivity contribution in [3.63, 3.8) is 0 Å². The largest absolute Gasteiger partial charge is 0.392 e. The third-order valence-corrected chi connectivity index (χ3v) is 4.21. The lowest BCUT2D eigenvalue weighted by molar-refractivity contribution is -0.116. The Kier molecular flexibility index (Phi) is 4.00. The third kappa shape index (κ3) is 2.63. The summed E-state index contributed by atoms with van der Waals surface area (Å²) in [6, 6.07) is 6.26. The molecule has 0 aromatic heterocycles. The number of anilines is 1. The number of carbonyl (C=O) groups is 1. The Balaban J connectivity index is 2.55. The topological polar surface area (TPSA) is 40.5 Å². The van der Waals surface area contributed by atoms with E-state index < -0.39 is 0 Å². The highest BCUT2D eigenvalue weighted by molar-refractivity contribution is 5.94. The van der Waals surface area contributed by atoms with E-state index in [0.29, 0.717) is 0 Å². The molecular weight excluding hydrogens is 250 g/mol. The van der Waals surface area contributed by atoms with E-state index in [0.717, 1.165) is 29.8 Å². The first-order valence-corrected chi connectivity index (χ1v) is 7.07. The van der Waals surface area contributed by atoms with Crippen LogP contribution in [0, 0.1) is 0 Å². The molecule has 1 aliphatic rings. The summed E-state index contributed by atoms with van der Waals surface area (Å²) in [5.41, 5.74) is 4.41. The van der Waals surface area contributed by atoms with E-state index in [1.165, 1.54) is 5.56 Å². The average molecular weight is 273 g/mol. The van der Waals surface area contributed by atoms with Gasteiger partial charge in [0.05, 0.1) is 6.61 Å². The Morgan fingerprint density at radius 1 is 1.40 bits per heavy atom. The highest BCUT2D eigenvalue weighted by atomic mass is 16.2. The molecule has 1 aromatic carbocycles. The van der Waals surface area contributed by atoms with E-state index in [1.807, 2.05) is 11.8 Å². The fourth-order valence-electron chi connectivity index (χ4n) is 2.80. The highest BCUT2D eigenvalue weighted by Gasteiger charge is 2.32. The van der Waals surface area contributed by atoms with Gasteiger partial charge in [0, 0.05) is 19.2 Å². The maximum Gasteiger partial charge on any atom is 0.223 e. The summed E-state index contributed by atoms with van der Waals surface area (Å²) in [6.45, 7) is 8.83. The Morgan fingerprint density at radius 3 is 2.70 bits per heavy atom. The molecule has 108 valence electrons. The van der Waals surface area contributed by atoms with E-state index >= 15 is 0 Å². The zero-order valence-corrected chi connectivity index (χ0v) is 12.7. The van der Waals surface area contributed by atoms with Gasteiger partial charge in [-0.1, -0.05) is 32.1 Å². The van der Waals surface area contributed by atoms with E-state index in [4.69, 9.17) is 5.11 Å². The molecule has 1 N–H and O–H groups in total. The van der Waals surface area contributed by atoms with Crippen molar-refractivity contribution >= 4 is 17.2 Å². The SMILES string of the molecule is CC(=O)N1CCC(C)(C)c2ccc(/C(C)=C\CO)cc21. The molecular formula is C17H23NO2. The van der Waals surface area contributed by atoms with Crippen LogP contribution in [0.2, 0.25) is 0 Å². The lowest BCUT2D eigenvalue weighted by Gasteiger charge is -2.39. The van der Waals surface area contributed by atoms with Gasteiger partial charge < -0.3 is 10.0 Å². The molecule has 1 aromatic rings. The molecule has 0 atom stereocenters. The average Bonchev–Trinajstić information content (AvgIpc) is 2.38. The van der Waals surface area contributed by atoms with E-state index in [1.54, 1.807) is 13.0 Å². The first-order chi connectivity index (χ1) is 9.36. The van der Waals surface area contributed by atoms with Crippen molar-refractivity contribution in [2.45, 2.75) is 39.5 Å². The zero-order chi connectivity index (χ0) is 14.9. The maximum absolute atomic E-state index is 11.9. The summed E-state index contributed by atoms with van der Waals surface area (Å²) < 4.78 is 0. The molecule has 3 heteroatoms. The molecule has 2 rings (SSSR count). The first-order valence-electron chi connectivity index (χ1n) is 7.07. The van der Waals surface area contributed by atoms with Crippen LogP contribution in [0.4, 0.5) is 5.69 Å². The standard InChI is InChI=1S/C17H23NO2/c1-12(7-10-19)14-5-6-15-16(11-14)18(13(2)20)9-8-17(15,3)4/h5-7,11,19H,8-10H2,1-4H3/b12-7-. The fraction of sp³-hybridized carbons (Fsp3) is 0.471. The number of benzene rings is 1. The number of aliphatic hydroxyl groups excluding tert-OH is 1. The van der Waals surface area contributed by atoms with Gasteiger partial charge in [0.25, 0.3) is 0 Å². The molecule has 1 heterocycles. The third-order valence-electron chi connectivity index (χ3n) is 4.21. The van der Waals surface area contributed by atoms with Gasteiger partial charge in [-0.15, -0.1) is 0 Å². The van der Waals surface area contributed by atoms with E-state index in [2.05, 4.69) is 32.0 Å². The van der Waals surface area contributed by atoms with Crippen LogP contribution in [0.1, 0.15) is 45.2 Å². The van der Waals surface area contributed by atoms with Gasteiger partial charge in [-0.3, -0.25) is 4.79 Å². The molecule has 0 spiro atoms. The van der Waals surface area contributed by atoms with Crippen LogP contribution in [0.15, 0.2) is 24.3 Å². The van der Waals surface area contributed by atoms with Gasteiger partial charge in [0.2, 0.25) is 5.91 Å². The predicted octanol–water partition coefficient (Wildman–Crippen LogP) is 3.12. The van der Waals surface area contributed by atoms with Crippen molar-refractivity contribution in [2.24, 2.45) is 0 Å². The van der Waals surface area contributed by atoms with Crippen molar-refractivity contribution in [2.75, 3.05) is 18.1 Å². The zero-order valence-electron chi connectivity index (χ0n) is 12.7. The highest BCUT2D eigenvalue weighted by Crippen LogP contribution is 2.40. The van der Waals surface area contributed by atoms with Gasteiger partial charge in [-0.25, -0.2) is 0 Å². The van der Waals surface area contributed by atoms with Crippen molar-refractivity contribution in [1.29, 1.82) is 0 Å². The van der Waals surface area contributed by atoms with E-state index in [9.17, 15) is 4.79 Å². The van der Waals surface area contributed by atoms with Gasteiger partial charge in [-0.2, -0.15) is 0 Å². The second kappa shape index (κ2) is 5.41. The van der Waals surface area contributed by atoms with Gasteiger partial charge in [-0.05, 0) is 41.5 Å². The minimum absolute atomic E-state index is 0.0326. The van der Waals surface area contributed by atoms with Crippen LogP contribution < -0.4 is 4.90 Å². The lowest BCUT2D eigenvalue weighted by atomic mass is 9.77. The second-order valence-electron chi connectivity index (χ2n) is 6.11. The number of aliphatic hydroxyl groups is 1. The van der Waals surface area contributed by atoms with Gasteiger partial charge in [0.15, 0.2) is 0 Å². The molecule has 1 aliphatic heterocycles. The Labute approximate surface area is 120 Å². The number of carbonyl (C=O) groups excluding carboxylic acids is 1. The maximum atomic E-state index is 11.9. The van der Waals surface area contributed by atoms with Gasteiger partial charge in [0.1, 0.15) is 0 Å². The number of fused-ring (bicyclic) bond motifs is 1. The van der Waals surface area contributed by atoms with Crippen molar-refractivity contribution in [1.82, 2.24) is 0 Å². The number of hydrogen-bond acceptors (Lipinski definition) is 2. The second-order valence-corrected chi connectivity index (χ2v) is 6.11. The van der Waals surface area contributed by atoms with Crippen LogP contribution in [0.25, 0.3) is 5.57 Å². The summed E-state index contributed by atoms with van der Waals surface area (Å²) in [5.74, 6) is 0.0858. The Morgan fingerprint density at radius 2 is 2.10 bits per heavy atom. The van der Waals surface area contributed by atoms with Crippen molar-refractivity contribution < 1.29 is 9.90 Å². The smallest absolute Gasteiger partial charge is 0.223 e. The monoisotopic (exact) mass is 273 g/mol. The molecule has 20 heavy (non-hydrogen) atoms. The molecule has 0 aliphatic carbocycles. The fourth-order valence-corrected chi connectivity index (χ4v) is 2.80. The Bertz CT molecular complexity index is 558. The van der Waals surface area contributed by atoms with E-state index in [-0.39, 0.29) is 17.9 Å². The number of hydrogen-bond donors (Lipinski definition) is 1. The summed E-state index contributed by atoms with van der Waals surface area (Å²) >= 11 is 0. The van der Waals surface area contributed by atoms with Crippen LogP contribution in [0.5, 0.6) is 0 Å². The molecule has 3 nitrogen and oxygen atoms in total. The minimum Gasteiger partial charge on any atom is -0.392 e. The molecule has 0 fully saturated rings. The van der Waals surface area contributed by atoms with Crippen LogP contribution in [0.3, 0.4) is 0 Å². The van der Waals surface area contributed by atoms with Crippen LogP contribution >= 0.6 is 0 Å². The quantitative estimate of drug-likeness (QED) is 0.899. The molecule has 0 bridgehead atoms. The predicted molar refractivity (Wildman–Crippen MR) is 82.8 cm³/mol. The van der Waals surface area contributed by atoms with Crippen LogP contribution in [-0.4, -0.2) is 24.2 Å². The minimum atomic E-state index is 0.0326. The first kappa shape index (κ1) is 14.8. The number of amides is 1. The number of rotatable bonds is 2. The van der Waals surface area contributed by atoms with Crippen molar-refractivity contribution in [3.05, 3.63) is 35.4 Å². The number of nitrogens with zero attached hydrogens (tertiary/aromatic N) is 1. The lowest BCUT2D eigenvalue weighted by Crippen LogP contribution is -2.40. The summed E-state index contributed by atoms with van der Waals surface area (Å²) in [7, 11) is 0. The van der Waals surface area contributed by atoms with Crippen LogP contribution in [-0.2, 0) is 10.2 Å². The molecule has 1 amide bonds. The Hall–Kier alpha value is -1.61. The molecule has 0 saturated carbocycles.